The first-order chi connectivity index (χ1) is 21.5. The molecule has 44 heavy (non-hydrogen) atoms. The number of ether oxygens (including phenoxy) is 2. The van der Waals surface area contributed by atoms with Gasteiger partial charge in [0.2, 0.25) is 0 Å². The molecular weight excluding hydrogens is 552 g/mol. The van der Waals surface area contributed by atoms with Gasteiger partial charge in [0.1, 0.15) is 6.61 Å². The smallest absolute Gasteiger partial charge is 0.306 e. The van der Waals surface area contributed by atoms with Crippen LogP contribution in [0.4, 0.5) is 0 Å². The van der Waals surface area contributed by atoms with Gasteiger partial charge in [-0.3, -0.25) is 9.59 Å². The summed E-state index contributed by atoms with van der Waals surface area (Å²) in [5.41, 5.74) is 0. The number of aliphatic hydroxyl groups excluding tert-OH is 2. The standard InChI is InChI=1S/C38H66O6/c1-3-5-7-9-11-13-15-17-18-20-22-24-26-29-35(40)30-28-32-38(42)44-36(33-39)34-43-37(41)31-27-25-23-21-19-16-14-12-10-8-6-4-2/h11,13,17-18,22,24,26,29,35-36,39-40H,3-10,12,14-16,19-21,23,25,27-28,30-34H2,1-2H3/b13-11-,18-17-,24-22-,29-26+/t35-,36-/m0/s1. The molecule has 0 aromatic carbocycles. The lowest BCUT2D eigenvalue weighted by Crippen LogP contribution is -2.28. The van der Waals surface area contributed by atoms with Crippen molar-refractivity contribution >= 4 is 11.9 Å². The molecule has 0 aromatic rings. The van der Waals surface area contributed by atoms with Crippen LogP contribution in [-0.4, -0.2) is 47.6 Å². The lowest BCUT2D eigenvalue weighted by molar-refractivity contribution is -0.161. The van der Waals surface area contributed by atoms with Gasteiger partial charge in [-0.25, -0.2) is 0 Å². The van der Waals surface area contributed by atoms with E-state index in [2.05, 4.69) is 38.2 Å². The Labute approximate surface area is 270 Å². The lowest BCUT2D eigenvalue weighted by Gasteiger charge is -2.16. The highest BCUT2D eigenvalue weighted by Gasteiger charge is 2.16. The molecule has 0 spiro atoms. The van der Waals surface area contributed by atoms with E-state index in [9.17, 15) is 19.8 Å². The quantitative estimate of drug-likeness (QED) is 0.0348. The Morgan fingerprint density at radius 3 is 1.82 bits per heavy atom. The SMILES string of the molecule is CCCCC/C=C\C/C=C\C/C=C\C=C\[C@H](O)CCCC(=O)O[C@@H](CO)COC(=O)CCCCCCCCCCCCCC. The highest BCUT2D eigenvalue weighted by molar-refractivity contribution is 5.70. The number of rotatable bonds is 31. The van der Waals surface area contributed by atoms with E-state index in [0.29, 0.717) is 19.3 Å². The number of esters is 2. The zero-order valence-corrected chi connectivity index (χ0v) is 28.3. The van der Waals surface area contributed by atoms with Crippen molar-refractivity contribution < 1.29 is 29.3 Å². The number of aliphatic hydroxyl groups is 2. The van der Waals surface area contributed by atoms with Gasteiger partial charge in [-0.05, 0) is 44.9 Å². The zero-order chi connectivity index (χ0) is 32.4. The van der Waals surface area contributed by atoms with E-state index in [0.717, 1.165) is 38.5 Å². The first-order valence-corrected chi connectivity index (χ1v) is 17.8. The van der Waals surface area contributed by atoms with Crippen LogP contribution in [0.25, 0.3) is 0 Å². The summed E-state index contributed by atoms with van der Waals surface area (Å²) in [6.45, 7) is 3.92. The van der Waals surface area contributed by atoms with Crippen molar-refractivity contribution in [3.05, 3.63) is 48.6 Å². The average molecular weight is 619 g/mol. The minimum atomic E-state index is -0.862. The minimum Gasteiger partial charge on any atom is -0.462 e. The normalized spacial score (nSPS) is 13.5. The lowest BCUT2D eigenvalue weighted by atomic mass is 10.0. The Bertz CT molecular complexity index is 769. The molecule has 0 aromatic heterocycles. The second kappa shape index (κ2) is 33.7. The van der Waals surface area contributed by atoms with Crippen molar-refractivity contribution in [3.8, 4) is 0 Å². The van der Waals surface area contributed by atoms with Gasteiger partial charge in [-0.15, -0.1) is 0 Å². The molecule has 0 saturated carbocycles. The van der Waals surface area contributed by atoms with Crippen LogP contribution in [-0.2, 0) is 19.1 Å². The molecule has 6 heteroatoms. The van der Waals surface area contributed by atoms with Crippen LogP contribution in [0.1, 0.15) is 155 Å². The third-order valence-electron chi connectivity index (χ3n) is 7.48. The van der Waals surface area contributed by atoms with Gasteiger partial charge >= 0.3 is 11.9 Å². The molecule has 2 atom stereocenters. The van der Waals surface area contributed by atoms with Crippen molar-refractivity contribution in [3.63, 3.8) is 0 Å². The maximum atomic E-state index is 12.1. The molecule has 0 unspecified atom stereocenters. The van der Waals surface area contributed by atoms with E-state index in [1.807, 2.05) is 18.2 Å². The second-order valence-corrected chi connectivity index (χ2v) is 11.8. The Balaban J connectivity index is 3.81. The Morgan fingerprint density at radius 1 is 0.636 bits per heavy atom. The predicted molar refractivity (Wildman–Crippen MR) is 183 cm³/mol. The van der Waals surface area contributed by atoms with Gasteiger partial charge < -0.3 is 19.7 Å². The molecule has 0 heterocycles. The highest BCUT2D eigenvalue weighted by Crippen LogP contribution is 2.13. The van der Waals surface area contributed by atoms with Crippen LogP contribution in [0, 0.1) is 0 Å². The first-order valence-electron chi connectivity index (χ1n) is 17.8. The molecule has 6 nitrogen and oxygen atoms in total. The highest BCUT2D eigenvalue weighted by atomic mass is 16.6. The van der Waals surface area contributed by atoms with Crippen molar-refractivity contribution in [2.45, 2.75) is 167 Å². The van der Waals surface area contributed by atoms with Crippen LogP contribution < -0.4 is 0 Å². The number of hydrogen-bond donors (Lipinski definition) is 2. The van der Waals surface area contributed by atoms with Crippen LogP contribution in [0.3, 0.4) is 0 Å². The largest absolute Gasteiger partial charge is 0.462 e. The van der Waals surface area contributed by atoms with Crippen LogP contribution in [0.2, 0.25) is 0 Å². The van der Waals surface area contributed by atoms with E-state index in [1.165, 1.54) is 77.0 Å². The van der Waals surface area contributed by atoms with Crippen LogP contribution in [0.5, 0.6) is 0 Å². The fourth-order valence-electron chi connectivity index (χ4n) is 4.71. The fraction of sp³-hybridized carbons (Fsp3) is 0.737. The van der Waals surface area contributed by atoms with Gasteiger partial charge in [0.25, 0.3) is 0 Å². The molecule has 2 N–H and O–H groups in total. The van der Waals surface area contributed by atoms with Gasteiger partial charge in [0.15, 0.2) is 6.10 Å². The van der Waals surface area contributed by atoms with Crippen LogP contribution >= 0.6 is 0 Å². The topological polar surface area (TPSA) is 93.1 Å². The summed E-state index contributed by atoms with van der Waals surface area (Å²) in [5.74, 6) is -0.795. The summed E-state index contributed by atoms with van der Waals surface area (Å²) in [5, 5.41) is 19.6. The van der Waals surface area contributed by atoms with Gasteiger partial charge in [-0.1, -0.05) is 146 Å². The Morgan fingerprint density at radius 2 is 1.18 bits per heavy atom. The third-order valence-corrected chi connectivity index (χ3v) is 7.48. The minimum absolute atomic E-state index is 0.127. The summed E-state index contributed by atoms with van der Waals surface area (Å²) < 4.78 is 10.5. The molecule has 0 radical (unpaired) electrons. The molecule has 0 saturated heterocycles. The van der Waals surface area contributed by atoms with E-state index in [1.54, 1.807) is 6.08 Å². The van der Waals surface area contributed by atoms with E-state index >= 15 is 0 Å². The summed E-state index contributed by atoms with van der Waals surface area (Å²) in [6.07, 6.45) is 37.7. The average Bonchev–Trinajstić information content (AvgIpc) is 3.02. The van der Waals surface area contributed by atoms with Crippen molar-refractivity contribution in [2.75, 3.05) is 13.2 Å². The number of carbonyl (C=O) groups is 2. The van der Waals surface area contributed by atoms with Gasteiger partial charge in [-0.2, -0.15) is 0 Å². The number of unbranched alkanes of at least 4 members (excludes halogenated alkanes) is 14. The predicted octanol–water partition coefficient (Wildman–Crippen LogP) is 9.64. The number of allylic oxidation sites excluding steroid dienone is 7. The van der Waals surface area contributed by atoms with Crippen molar-refractivity contribution in [1.29, 1.82) is 0 Å². The van der Waals surface area contributed by atoms with Crippen molar-refractivity contribution in [1.82, 2.24) is 0 Å². The summed E-state index contributed by atoms with van der Waals surface area (Å²) >= 11 is 0. The summed E-state index contributed by atoms with van der Waals surface area (Å²) in [7, 11) is 0. The van der Waals surface area contributed by atoms with E-state index in [-0.39, 0.29) is 19.0 Å². The van der Waals surface area contributed by atoms with Crippen molar-refractivity contribution in [2.24, 2.45) is 0 Å². The van der Waals surface area contributed by atoms with Crippen LogP contribution in [0.15, 0.2) is 48.6 Å². The second-order valence-electron chi connectivity index (χ2n) is 11.8. The first kappa shape index (κ1) is 41.8. The van der Waals surface area contributed by atoms with Gasteiger partial charge in [0, 0.05) is 12.8 Å². The molecule has 0 aliphatic carbocycles. The zero-order valence-electron chi connectivity index (χ0n) is 28.3. The number of carbonyl (C=O) groups excluding carboxylic acids is 2. The van der Waals surface area contributed by atoms with E-state index < -0.39 is 24.8 Å². The molecule has 0 bridgehead atoms. The molecular formula is C38H66O6. The summed E-state index contributed by atoms with van der Waals surface area (Å²) in [6, 6.07) is 0. The Hall–Kier alpha value is -2.18. The third kappa shape index (κ3) is 31.3. The molecule has 0 amide bonds. The Kier molecular flexibility index (Phi) is 32.0. The van der Waals surface area contributed by atoms with Gasteiger partial charge in [0.05, 0.1) is 12.7 Å². The molecule has 254 valence electrons. The maximum absolute atomic E-state index is 12.1. The van der Waals surface area contributed by atoms with E-state index in [4.69, 9.17) is 9.47 Å². The molecule has 0 aliphatic heterocycles. The monoisotopic (exact) mass is 618 g/mol. The fourth-order valence-corrected chi connectivity index (χ4v) is 4.71. The summed E-state index contributed by atoms with van der Waals surface area (Å²) in [4.78, 5) is 24.2. The number of hydrogen-bond acceptors (Lipinski definition) is 6. The maximum Gasteiger partial charge on any atom is 0.306 e. The molecule has 0 aliphatic rings. The molecule has 0 fully saturated rings. The molecule has 0 rings (SSSR count).